The number of carbonyl (C=O) groups excluding carboxylic acids is 1. The number of halogens is 1. The summed E-state index contributed by atoms with van der Waals surface area (Å²) in [6.07, 6.45) is 3.44. The van der Waals surface area contributed by atoms with Crippen molar-refractivity contribution in [3.63, 3.8) is 0 Å². The smallest absolute Gasteiger partial charge is 0.316 e. The minimum atomic E-state index is -0.132. The zero-order chi connectivity index (χ0) is 18.0. The molecule has 0 saturated heterocycles. The molecule has 1 aromatic heterocycles. The molecule has 2 aromatic rings. The average Bonchev–Trinajstić information content (AvgIpc) is 2.94. The molecule has 0 spiro atoms. The van der Waals surface area contributed by atoms with E-state index in [1.165, 1.54) is 18.2 Å². The van der Waals surface area contributed by atoms with E-state index < -0.39 is 0 Å². The lowest BCUT2D eigenvalue weighted by molar-refractivity contribution is -0.152. The van der Waals surface area contributed by atoms with Gasteiger partial charge in [0.2, 0.25) is 0 Å². The van der Waals surface area contributed by atoms with Crippen molar-refractivity contribution in [1.82, 2.24) is 4.98 Å². The van der Waals surface area contributed by atoms with Gasteiger partial charge in [-0.15, -0.1) is 11.3 Å². The van der Waals surface area contributed by atoms with E-state index in [9.17, 15) is 4.79 Å². The van der Waals surface area contributed by atoms with Crippen LogP contribution in [0, 0.1) is 17.8 Å². The number of esters is 1. The SMILES string of the molecule is CC(C)[C@H]1CC[C@@H](C)C[C@@H]1OC(=O)CSc1nc2cc(Cl)ccc2s1. The predicted octanol–water partition coefficient (Wildman–Crippen LogP) is 6.05. The molecule has 0 radical (unpaired) electrons. The largest absolute Gasteiger partial charge is 0.461 e. The molecule has 6 heteroatoms. The molecule has 0 N–H and O–H groups in total. The van der Waals surface area contributed by atoms with E-state index in [2.05, 4.69) is 25.8 Å². The third kappa shape index (κ3) is 4.89. The topological polar surface area (TPSA) is 39.2 Å². The van der Waals surface area contributed by atoms with E-state index in [1.54, 1.807) is 11.3 Å². The van der Waals surface area contributed by atoms with Crippen LogP contribution in [0.15, 0.2) is 22.5 Å². The molecule has 1 aliphatic rings. The Labute approximate surface area is 162 Å². The van der Waals surface area contributed by atoms with Gasteiger partial charge >= 0.3 is 5.97 Å². The van der Waals surface area contributed by atoms with Gasteiger partial charge in [0.05, 0.1) is 16.0 Å². The van der Waals surface area contributed by atoms with Gasteiger partial charge in [0.1, 0.15) is 6.10 Å². The molecule has 0 unspecified atom stereocenters. The van der Waals surface area contributed by atoms with Crippen molar-refractivity contribution in [2.24, 2.45) is 17.8 Å². The lowest BCUT2D eigenvalue weighted by Gasteiger charge is -2.36. The summed E-state index contributed by atoms with van der Waals surface area (Å²) >= 11 is 9.03. The summed E-state index contributed by atoms with van der Waals surface area (Å²) in [5.74, 6) is 1.84. The first-order chi connectivity index (χ1) is 11.9. The molecule has 136 valence electrons. The summed E-state index contributed by atoms with van der Waals surface area (Å²) in [7, 11) is 0. The predicted molar refractivity (Wildman–Crippen MR) is 107 cm³/mol. The third-order valence-corrected chi connectivity index (χ3v) is 7.28. The van der Waals surface area contributed by atoms with Crippen LogP contribution in [0.3, 0.4) is 0 Å². The van der Waals surface area contributed by atoms with E-state index in [4.69, 9.17) is 16.3 Å². The molecule has 1 fully saturated rings. The fourth-order valence-corrected chi connectivity index (χ4v) is 5.51. The van der Waals surface area contributed by atoms with E-state index in [-0.39, 0.29) is 12.1 Å². The molecule has 1 heterocycles. The van der Waals surface area contributed by atoms with Crippen molar-refractivity contribution in [2.75, 3.05) is 5.75 Å². The molecule has 0 amide bonds. The number of rotatable bonds is 5. The molecular weight excluding hydrogens is 374 g/mol. The minimum Gasteiger partial charge on any atom is -0.461 e. The number of ether oxygens (including phenoxy) is 1. The average molecular weight is 398 g/mol. The van der Waals surface area contributed by atoms with Gasteiger partial charge in [-0.25, -0.2) is 4.98 Å². The Morgan fingerprint density at radius 1 is 1.44 bits per heavy atom. The molecule has 1 aliphatic carbocycles. The fraction of sp³-hybridized carbons (Fsp3) is 0.579. The first-order valence-corrected chi connectivity index (χ1v) is 11.0. The number of nitrogens with zero attached hydrogens (tertiary/aromatic N) is 1. The standard InChI is InChI=1S/C19H24ClNO2S2/c1-11(2)14-6-4-12(3)8-16(14)23-18(22)10-24-19-21-15-9-13(20)5-7-17(15)25-19/h5,7,9,11-12,14,16H,4,6,8,10H2,1-3H3/t12-,14-,16+/m1/s1. The van der Waals surface area contributed by atoms with Crippen LogP contribution in [0.4, 0.5) is 0 Å². The van der Waals surface area contributed by atoms with Crippen LogP contribution in [0.1, 0.15) is 40.0 Å². The summed E-state index contributed by atoms with van der Waals surface area (Å²) < 4.78 is 7.81. The van der Waals surface area contributed by atoms with Gasteiger partial charge in [0.15, 0.2) is 4.34 Å². The van der Waals surface area contributed by atoms with Gasteiger partial charge in [0, 0.05) is 5.02 Å². The number of benzene rings is 1. The van der Waals surface area contributed by atoms with E-state index in [0.29, 0.717) is 28.5 Å². The van der Waals surface area contributed by atoms with Crippen molar-refractivity contribution in [2.45, 2.75) is 50.5 Å². The van der Waals surface area contributed by atoms with Crippen LogP contribution in [-0.4, -0.2) is 22.8 Å². The van der Waals surface area contributed by atoms with E-state index >= 15 is 0 Å². The highest BCUT2D eigenvalue weighted by molar-refractivity contribution is 8.01. The molecule has 0 bridgehead atoms. The maximum absolute atomic E-state index is 12.3. The van der Waals surface area contributed by atoms with E-state index in [1.807, 2.05) is 18.2 Å². The summed E-state index contributed by atoms with van der Waals surface area (Å²) in [6.45, 7) is 6.70. The Morgan fingerprint density at radius 2 is 2.24 bits per heavy atom. The Kier molecular flexibility index (Phi) is 6.29. The van der Waals surface area contributed by atoms with Crippen molar-refractivity contribution in [3.8, 4) is 0 Å². The highest BCUT2D eigenvalue weighted by Crippen LogP contribution is 2.36. The molecule has 0 aliphatic heterocycles. The van der Waals surface area contributed by atoms with Crippen LogP contribution in [0.5, 0.6) is 0 Å². The van der Waals surface area contributed by atoms with Crippen LogP contribution < -0.4 is 0 Å². The number of fused-ring (bicyclic) bond motifs is 1. The normalized spacial score (nSPS) is 24.0. The third-order valence-electron chi connectivity index (χ3n) is 4.89. The van der Waals surface area contributed by atoms with Gasteiger partial charge in [-0.05, 0) is 48.8 Å². The van der Waals surface area contributed by atoms with Crippen molar-refractivity contribution in [1.29, 1.82) is 0 Å². The van der Waals surface area contributed by atoms with Gasteiger partial charge in [-0.2, -0.15) is 0 Å². The summed E-state index contributed by atoms with van der Waals surface area (Å²) in [6, 6.07) is 5.68. The van der Waals surface area contributed by atoms with Crippen molar-refractivity contribution >= 4 is 50.9 Å². The number of carbonyl (C=O) groups is 1. The molecule has 1 aromatic carbocycles. The quantitative estimate of drug-likeness (QED) is 0.455. The van der Waals surface area contributed by atoms with Crippen LogP contribution >= 0.6 is 34.7 Å². The molecule has 1 saturated carbocycles. The Hall–Kier alpha value is -0.780. The molecule has 3 nitrogen and oxygen atoms in total. The number of hydrogen-bond acceptors (Lipinski definition) is 5. The van der Waals surface area contributed by atoms with Crippen molar-refractivity contribution < 1.29 is 9.53 Å². The van der Waals surface area contributed by atoms with Crippen molar-refractivity contribution in [3.05, 3.63) is 23.2 Å². The molecule has 25 heavy (non-hydrogen) atoms. The monoisotopic (exact) mass is 397 g/mol. The summed E-state index contributed by atoms with van der Waals surface area (Å²) in [4.78, 5) is 16.9. The zero-order valence-corrected chi connectivity index (χ0v) is 17.2. The number of thiazole rings is 1. The van der Waals surface area contributed by atoms with Gasteiger partial charge in [-0.3, -0.25) is 4.79 Å². The Bertz CT molecular complexity index is 746. The van der Waals surface area contributed by atoms with Gasteiger partial charge < -0.3 is 4.74 Å². The van der Waals surface area contributed by atoms with Crippen LogP contribution in [0.25, 0.3) is 10.2 Å². The number of hydrogen-bond donors (Lipinski definition) is 0. The van der Waals surface area contributed by atoms with E-state index in [0.717, 1.165) is 27.4 Å². The summed E-state index contributed by atoms with van der Waals surface area (Å²) in [5.41, 5.74) is 0.884. The molecule has 3 atom stereocenters. The lowest BCUT2D eigenvalue weighted by atomic mass is 9.75. The second-order valence-corrected chi connectivity index (χ2v) is 9.92. The lowest BCUT2D eigenvalue weighted by Crippen LogP contribution is -2.36. The number of thioether (sulfide) groups is 1. The highest BCUT2D eigenvalue weighted by Gasteiger charge is 2.33. The Morgan fingerprint density at radius 3 is 3.00 bits per heavy atom. The fourth-order valence-electron chi connectivity index (χ4n) is 3.51. The Balaban J connectivity index is 1.57. The van der Waals surface area contributed by atoms with Gasteiger partial charge in [-0.1, -0.05) is 50.6 Å². The summed E-state index contributed by atoms with van der Waals surface area (Å²) in [5, 5.41) is 0.680. The second-order valence-electron chi connectivity index (χ2n) is 7.23. The van der Waals surface area contributed by atoms with Gasteiger partial charge in [0.25, 0.3) is 0 Å². The molecular formula is C19H24ClNO2S2. The maximum Gasteiger partial charge on any atom is 0.316 e. The minimum absolute atomic E-state index is 0.0611. The maximum atomic E-state index is 12.3. The van der Waals surface area contributed by atoms with Crippen LogP contribution in [-0.2, 0) is 9.53 Å². The number of aromatic nitrogens is 1. The zero-order valence-electron chi connectivity index (χ0n) is 14.8. The first-order valence-electron chi connectivity index (χ1n) is 8.80. The molecule has 3 rings (SSSR count). The van der Waals surface area contributed by atoms with Crippen LogP contribution in [0.2, 0.25) is 5.02 Å². The highest BCUT2D eigenvalue weighted by atomic mass is 35.5. The second kappa shape index (κ2) is 8.28. The first kappa shape index (κ1) is 19.0.